The van der Waals surface area contributed by atoms with Crippen LogP contribution in [0.15, 0.2) is 60.8 Å². The fraction of sp³-hybridized carbons (Fsp3) is 0.320. The largest absolute Gasteiger partial charge is 0.341 e. The number of nitrogens with zero attached hydrogens (tertiary/aromatic N) is 4. The van der Waals surface area contributed by atoms with Crippen molar-refractivity contribution >= 4 is 11.8 Å². The van der Waals surface area contributed by atoms with Crippen molar-refractivity contribution in [2.45, 2.75) is 13.3 Å². The normalized spacial score (nSPS) is 16.8. The van der Waals surface area contributed by atoms with Gasteiger partial charge in [0.05, 0.1) is 5.92 Å². The lowest BCUT2D eigenvalue weighted by molar-refractivity contribution is -0.134. The van der Waals surface area contributed by atoms with E-state index in [0.717, 1.165) is 11.1 Å². The highest BCUT2D eigenvalue weighted by atomic mass is 19.1. The van der Waals surface area contributed by atoms with Crippen molar-refractivity contribution in [1.29, 1.82) is 0 Å². The Kier molecular flexibility index (Phi) is 6.35. The van der Waals surface area contributed by atoms with Crippen LogP contribution in [-0.4, -0.2) is 57.6 Å². The minimum Gasteiger partial charge on any atom is -0.341 e. The lowest BCUT2D eigenvalue weighted by atomic mass is 9.95. The molecule has 0 radical (unpaired) electrons. The maximum Gasteiger partial charge on any atom is 0.272 e. The highest BCUT2D eigenvalue weighted by Crippen LogP contribution is 2.24. The maximum atomic E-state index is 14.1. The number of likely N-dealkylation sites (N-methyl/N-ethyl adjacent to an activating group) is 1. The molecule has 0 N–H and O–H groups in total. The summed E-state index contributed by atoms with van der Waals surface area (Å²) in [4.78, 5) is 29.8. The van der Waals surface area contributed by atoms with Crippen LogP contribution in [0.4, 0.5) is 4.39 Å². The van der Waals surface area contributed by atoms with Crippen molar-refractivity contribution in [3.8, 4) is 11.1 Å². The van der Waals surface area contributed by atoms with Gasteiger partial charge in [-0.1, -0.05) is 42.5 Å². The molecule has 1 fully saturated rings. The number of hydrogen-bond acceptors (Lipinski definition) is 3. The van der Waals surface area contributed by atoms with E-state index in [1.54, 1.807) is 41.0 Å². The van der Waals surface area contributed by atoms with Gasteiger partial charge in [-0.05, 0) is 36.6 Å². The predicted octanol–water partition coefficient (Wildman–Crippen LogP) is 3.39. The summed E-state index contributed by atoms with van der Waals surface area (Å²) in [7, 11) is 1.74. The molecule has 2 amide bonds. The number of halogens is 1. The fourth-order valence-electron chi connectivity index (χ4n) is 4.24. The lowest BCUT2D eigenvalue weighted by Gasteiger charge is -2.23. The SMILES string of the molecule is CCN1CCN(C(=O)c2ccnn2C)C[C@H](Cc2ccc(-c3ccccc3F)cc2)C1=O. The number of amides is 2. The Balaban J connectivity index is 1.54. The number of rotatable bonds is 5. The van der Waals surface area contributed by atoms with Crippen molar-refractivity contribution in [3.63, 3.8) is 0 Å². The third-order valence-corrected chi connectivity index (χ3v) is 6.07. The summed E-state index contributed by atoms with van der Waals surface area (Å²) >= 11 is 0. The summed E-state index contributed by atoms with van der Waals surface area (Å²) in [5.41, 5.74) is 2.83. The van der Waals surface area contributed by atoms with Gasteiger partial charge in [-0.25, -0.2) is 4.39 Å². The molecule has 3 aromatic rings. The van der Waals surface area contributed by atoms with Crippen LogP contribution in [0, 0.1) is 11.7 Å². The first-order valence-corrected chi connectivity index (χ1v) is 10.9. The van der Waals surface area contributed by atoms with Crippen LogP contribution in [-0.2, 0) is 18.3 Å². The zero-order chi connectivity index (χ0) is 22.7. The van der Waals surface area contributed by atoms with Gasteiger partial charge in [0.1, 0.15) is 11.5 Å². The molecule has 166 valence electrons. The third kappa shape index (κ3) is 4.42. The lowest BCUT2D eigenvalue weighted by Crippen LogP contribution is -2.38. The average Bonchev–Trinajstić information content (AvgIpc) is 3.17. The van der Waals surface area contributed by atoms with Crippen molar-refractivity contribution < 1.29 is 14.0 Å². The van der Waals surface area contributed by atoms with Crippen LogP contribution in [0.25, 0.3) is 11.1 Å². The standard InChI is InChI=1S/C25H27FN4O2/c1-3-29-14-15-30(25(32)23-12-13-27-28(23)2)17-20(24(29)31)16-18-8-10-19(11-9-18)21-6-4-5-7-22(21)26/h4-13,20H,3,14-17H2,1-2H3/t20-/m0/s1. The van der Waals surface area contributed by atoms with Crippen molar-refractivity contribution in [2.24, 2.45) is 13.0 Å². The van der Waals surface area contributed by atoms with Gasteiger partial charge in [-0.2, -0.15) is 5.10 Å². The summed E-state index contributed by atoms with van der Waals surface area (Å²) in [6.45, 7) is 3.93. The molecule has 1 atom stereocenters. The van der Waals surface area contributed by atoms with Crippen LogP contribution in [0.2, 0.25) is 0 Å². The van der Waals surface area contributed by atoms with Crippen molar-refractivity contribution in [1.82, 2.24) is 19.6 Å². The second-order valence-electron chi connectivity index (χ2n) is 8.09. The molecule has 2 heterocycles. The molecule has 1 aliphatic heterocycles. The second kappa shape index (κ2) is 9.34. The Hall–Kier alpha value is -3.48. The predicted molar refractivity (Wildman–Crippen MR) is 120 cm³/mol. The molecule has 4 rings (SSSR count). The molecule has 6 nitrogen and oxygen atoms in total. The number of benzene rings is 2. The van der Waals surface area contributed by atoms with E-state index in [0.29, 0.717) is 43.9 Å². The summed E-state index contributed by atoms with van der Waals surface area (Å²) in [6, 6.07) is 16.0. The zero-order valence-corrected chi connectivity index (χ0v) is 18.4. The number of carbonyl (C=O) groups excluding carboxylic acids is 2. The Morgan fingerprint density at radius 1 is 1.09 bits per heavy atom. The van der Waals surface area contributed by atoms with Gasteiger partial charge in [-0.15, -0.1) is 0 Å². The summed E-state index contributed by atoms with van der Waals surface area (Å²) in [5.74, 6) is -0.655. The molecule has 0 saturated carbocycles. The van der Waals surface area contributed by atoms with Crippen LogP contribution < -0.4 is 0 Å². The first kappa shape index (κ1) is 21.7. The van der Waals surface area contributed by atoms with E-state index in [1.165, 1.54) is 6.07 Å². The zero-order valence-electron chi connectivity index (χ0n) is 18.4. The van der Waals surface area contributed by atoms with Crippen LogP contribution in [0.1, 0.15) is 23.0 Å². The molecule has 0 spiro atoms. The molecular weight excluding hydrogens is 407 g/mol. The molecule has 0 unspecified atom stereocenters. The van der Waals surface area contributed by atoms with Crippen molar-refractivity contribution in [3.05, 3.63) is 77.9 Å². The van der Waals surface area contributed by atoms with Gasteiger partial charge >= 0.3 is 0 Å². The minimum absolute atomic E-state index is 0.0611. The Labute approximate surface area is 187 Å². The Bertz CT molecular complexity index is 1110. The Morgan fingerprint density at radius 2 is 1.84 bits per heavy atom. The summed E-state index contributed by atoms with van der Waals surface area (Å²) < 4.78 is 15.7. The van der Waals surface area contributed by atoms with E-state index in [9.17, 15) is 14.0 Å². The molecule has 2 aromatic carbocycles. The van der Waals surface area contributed by atoms with E-state index in [4.69, 9.17) is 0 Å². The number of aromatic nitrogens is 2. The van der Waals surface area contributed by atoms with Crippen LogP contribution in [0.5, 0.6) is 0 Å². The van der Waals surface area contributed by atoms with Gasteiger partial charge in [0, 0.05) is 45.0 Å². The Morgan fingerprint density at radius 3 is 2.50 bits per heavy atom. The molecule has 0 aliphatic carbocycles. The average molecular weight is 435 g/mol. The summed E-state index contributed by atoms with van der Waals surface area (Å²) in [5, 5.41) is 4.09. The smallest absolute Gasteiger partial charge is 0.272 e. The van der Waals surface area contributed by atoms with E-state index in [-0.39, 0.29) is 23.5 Å². The molecule has 1 saturated heterocycles. The minimum atomic E-state index is -0.339. The van der Waals surface area contributed by atoms with Crippen LogP contribution >= 0.6 is 0 Å². The number of aryl methyl sites for hydroxylation is 1. The van der Waals surface area contributed by atoms with Gasteiger partial charge in [0.25, 0.3) is 5.91 Å². The molecule has 1 aromatic heterocycles. The summed E-state index contributed by atoms with van der Waals surface area (Å²) in [6.07, 6.45) is 2.12. The van der Waals surface area contributed by atoms with Gasteiger partial charge < -0.3 is 9.80 Å². The van der Waals surface area contributed by atoms with E-state index >= 15 is 0 Å². The van der Waals surface area contributed by atoms with Gasteiger partial charge in [0.15, 0.2) is 0 Å². The van der Waals surface area contributed by atoms with Gasteiger partial charge in [-0.3, -0.25) is 14.3 Å². The first-order chi connectivity index (χ1) is 15.5. The quantitative estimate of drug-likeness (QED) is 0.619. The molecule has 7 heteroatoms. The highest BCUT2D eigenvalue weighted by molar-refractivity contribution is 5.93. The molecule has 1 aliphatic rings. The molecular formula is C25H27FN4O2. The monoisotopic (exact) mass is 434 g/mol. The van der Waals surface area contributed by atoms with Crippen molar-refractivity contribution in [2.75, 3.05) is 26.2 Å². The van der Waals surface area contributed by atoms with E-state index in [2.05, 4.69) is 5.10 Å². The molecule has 0 bridgehead atoms. The number of hydrogen-bond donors (Lipinski definition) is 0. The highest BCUT2D eigenvalue weighted by Gasteiger charge is 2.32. The third-order valence-electron chi connectivity index (χ3n) is 6.07. The fourth-order valence-corrected chi connectivity index (χ4v) is 4.24. The molecule has 32 heavy (non-hydrogen) atoms. The second-order valence-corrected chi connectivity index (χ2v) is 8.09. The first-order valence-electron chi connectivity index (χ1n) is 10.9. The number of carbonyl (C=O) groups is 2. The van der Waals surface area contributed by atoms with Gasteiger partial charge in [0.2, 0.25) is 5.91 Å². The maximum absolute atomic E-state index is 14.1. The van der Waals surface area contributed by atoms with E-state index < -0.39 is 0 Å². The van der Waals surface area contributed by atoms with E-state index in [1.807, 2.05) is 42.2 Å². The van der Waals surface area contributed by atoms with Crippen LogP contribution in [0.3, 0.4) is 0 Å². The topological polar surface area (TPSA) is 58.4 Å².